The van der Waals surface area contributed by atoms with Crippen LogP contribution < -0.4 is 5.32 Å². The average molecular weight is 527 g/mol. The summed E-state index contributed by atoms with van der Waals surface area (Å²) in [6, 6.07) is 9.73. The van der Waals surface area contributed by atoms with Crippen LogP contribution in [0.4, 0.5) is 18.9 Å². The summed E-state index contributed by atoms with van der Waals surface area (Å²) in [6.45, 7) is 0.975. The Labute approximate surface area is 208 Å². The fraction of sp³-hybridized carbons (Fsp3) is 0.261. The number of anilines is 1. The minimum Gasteiger partial charge on any atom is -0.383 e. The molecule has 2 aromatic carbocycles. The second kappa shape index (κ2) is 9.88. The number of nitrogens with zero attached hydrogens (tertiary/aromatic N) is 3. The number of alkyl halides is 3. The number of hydrogen-bond acceptors (Lipinski definition) is 5. The summed E-state index contributed by atoms with van der Waals surface area (Å²) >= 11 is 11.9. The van der Waals surface area contributed by atoms with Gasteiger partial charge in [0.25, 0.3) is 11.5 Å². The fourth-order valence-corrected chi connectivity index (χ4v) is 4.15. The third kappa shape index (κ3) is 5.29. The van der Waals surface area contributed by atoms with Crippen LogP contribution in [0.15, 0.2) is 60.0 Å². The molecule has 3 aromatic rings. The van der Waals surface area contributed by atoms with Crippen molar-refractivity contribution in [3.63, 3.8) is 0 Å². The number of benzene rings is 2. The number of hydrogen-bond donors (Lipinski definition) is 1. The predicted molar refractivity (Wildman–Crippen MR) is 125 cm³/mol. The molecule has 0 saturated heterocycles. The van der Waals surface area contributed by atoms with Crippen LogP contribution in [-0.2, 0) is 21.7 Å². The van der Waals surface area contributed by atoms with Crippen LogP contribution in [0, 0.1) is 0 Å². The van der Waals surface area contributed by atoms with Gasteiger partial charge in [0.2, 0.25) is 0 Å². The van der Waals surface area contributed by atoms with Crippen molar-refractivity contribution in [2.45, 2.75) is 24.7 Å². The van der Waals surface area contributed by atoms with Gasteiger partial charge in [0.15, 0.2) is 0 Å². The van der Waals surface area contributed by atoms with Crippen LogP contribution in [0.2, 0.25) is 10.0 Å². The molecule has 7 nitrogen and oxygen atoms in total. The number of carbonyl (C=O) groups excluding carboxylic acids is 1. The molecule has 0 radical (unpaired) electrons. The first-order valence-corrected chi connectivity index (χ1v) is 11.1. The van der Waals surface area contributed by atoms with Crippen LogP contribution >= 0.6 is 23.2 Å². The van der Waals surface area contributed by atoms with Gasteiger partial charge in [-0.25, -0.2) is 0 Å². The van der Waals surface area contributed by atoms with E-state index in [-0.39, 0.29) is 26.9 Å². The Bertz CT molecular complexity index is 1260. The summed E-state index contributed by atoms with van der Waals surface area (Å²) in [6.07, 6.45) is -2.31. The molecule has 1 unspecified atom stereocenters. The third-order valence-electron chi connectivity index (χ3n) is 5.39. The number of oxime groups is 1. The number of halogens is 5. The van der Waals surface area contributed by atoms with Crippen molar-refractivity contribution in [2.75, 3.05) is 19.0 Å². The van der Waals surface area contributed by atoms with Crippen molar-refractivity contribution in [1.82, 2.24) is 9.78 Å². The highest BCUT2D eigenvalue weighted by Gasteiger charge is 2.62. The summed E-state index contributed by atoms with van der Waals surface area (Å²) in [5, 5.41) is 10.6. The molecule has 1 amide bonds. The van der Waals surface area contributed by atoms with Crippen LogP contribution in [-0.4, -0.2) is 41.3 Å². The standard InChI is InChI=1S/C23H19Cl2F3N4O3/c1-34-6-5-32-13-19(12-29-32)30-21(33)15-4-2-3-14(7-15)20-11-22(35-31-20,23(26,27)28)16-8-17(24)10-18(25)9-16/h2-4,7-10,12-13H,5-6,11H2,1H3,(H,30,33). The zero-order chi connectivity index (χ0) is 25.2. The van der Waals surface area contributed by atoms with Gasteiger partial charge in [0, 0.05) is 46.5 Å². The third-order valence-corrected chi connectivity index (χ3v) is 5.82. The quantitative estimate of drug-likeness (QED) is 0.430. The second-order valence-electron chi connectivity index (χ2n) is 7.81. The van der Waals surface area contributed by atoms with E-state index in [9.17, 15) is 18.0 Å². The van der Waals surface area contributed by atoms with Gasteiger partial charge in [-0.3, -0.25) is 9.48 Å². The van der Waals surface area contributed by atoms with E-state index in [0.717, 1.165) is 12.1 Å². The van der Waals surface area contributed by atoms with Gasteiger partial charge >= 0.3 is 6.18 Å². The molecule has 1 atom stereocenters. The lowest BCUT2D eigenvalue weighted by Crippen LogP contribution is -2.42. The van der Waals surface area contributed by atoms with E-state index in [1.165, 1.54) is 24.4 Å². The molecule has 0 saturated carbocycles. The second-order valence-corrected chi connectivity index (χ2v) is 8.68. The molecule has 1 aromatic heterocycles. The van der Waals surface area contributed by atoms with Gasteiger partial charge < -0.3 is 14.9 Å². The Kier molecular flexibility index (Phi) is 7.07. The van der Waals surface area contributed by atoms with Crippen LogP contribution in [0.1, 0.15) is 27.9 Å². The molecule has 4 rings (SSSR count). The summed E-state index contributed by atoms with van der Waals surface area (Å²) in [5.74, 6) is -0.457. The molecule has 1 aliphatic rings. The van der Waals surface area contributed by atoms with E-state index < -0.39 is 24.1 Å². The van der Waals surface area contributed by atoms with Gasteiger partial charge in [-0.05, 0) is 30.3 Å². The SMILES string of the molecule is COCCn1cc(NC(=O)c2cccc(C3=NOC(c4cc(Cl)cc(Cl)c4)(C(F)(F)F)C3)c2)cn1. The molecule has 0 spiro atoms. The van der Waals surface area contributed by atoms with E-state index in [1.54, 1.807) is 30.1 Å². The molecule has 1 aliphatic heterocycles. The minimum absolute atomic E-state index is 0.0282. The Morgan fingerprint density at radius 1 is 1.23 bits per heavy atom. The minimum atomic E-state index is -4.82. The number of rotatable bonds is 7. The van der Waals surface area contributed by atoms with Gasteiger partial charge in [-0.15, -0.1) is 0 Å². The molecule has 12 heteroatoms. The largest absolute Gasteiger partial charge is 0.435 e. The molecule has 0 fully saturated rings. The van der Waals surface area contributed by atoms with E-state index >= 15 is 0 Å². The van der Waals surface area contributed by atoms with Crippen molar-refractivity contribution >= 4 is 40.5 Å². The van der Waals surface area contributed by atoms with E-state index in [1.807, 2.05) is 0 Å². The lowest BCUT2D eigenvalue weighted by molar-refractivity contribution is -0.275. The monoisotopic (exact) mass is 526 g/mol. The summed E-state index contributed by atoms with van der Waals surface area (Å²) in [4.78, 5) is 17.8. The predicted octanol–water partition coefficient (Wildman–Crippen LogP) is 5.67. The zero-order valence-corrected chi connectivity index (χ0v) is 19.8. The topological polar surface area (TPSA) is 77.7 Å². The molecule has 0 aliphatic carbocycles. The molecular weight excluding hydrogens is 508 g/mol. The van der Waals surface area contributed by atoms with Crippen LogP contribution in [0.25, 0.3) is 0 Å². The highest BCUT2D eigenvalue weighted by molar-refractivity contribution is 6.34. The number of ether oxygens (including phenoxy) is 1. The Morgan fingerprint density at radius 3 is 2.66 bits per heavy atom. The maximum absolute atomic E-state index is 14.2. The zero-order valence-electron chi connectivity index (χ0n) is 18.3. The normalized spacial score (nSPS) is 17.7. The number of nitrogens with one attached hydrogen (secondary N) is 1. The average Bonchev–Trinajstić information content (AvgIpc) is 3.45. The maximum Gasteiger partial charge on any atom is 0.435 e. The first-order valence-electron chi connectivity index (χ1n) is 10.3. The van der Waals surface area contributed by atoms with Crippen molar-refractivity contribution in [3.8, 4) is 0 Å². The summed E-state index contributed by atoms with van der Waals surface area (Å²) < 4.78 is 49.3. The number of methoxy groups -OCH3 is 1. The van der Waals surface area contributed by atoms with E-state index in [0.29, 0.717) is 24.4 Å². The number of amides is 1. The van der Waals surface area contributed by atoms with Gasteiger partial charge in [0.1, 0.15) is 0 Å². The summed E-state index contributed by atoms with van der Waals surface area (Å²) in [5.41, 5.74) is -1.99. The lowest BCUT2D eigenvalue weighted by Gasteiger charge is -2.29. The molecule has 1 N–H and O–H groups in total. The summed E-state index contributed by atoms with van der Waals surface area (Å²) in [7, 11) is 1.57. The molecule has 184 valence electrons. The highest BCUT2D eigenvalue weighted by atomic mass is 35.5. The van der Waals surface area contributed by atoms with Crippen molar-refractivity contribution < 1.29 is 27.5 Å². The molecule has 2 heterocycles. The Morgan fingerprint density at radius 2 is 1.97 bits per heavy atom. The Balaban J connectivity index is 1.55. The molecular formula is C23H19Cl2F3N4O3. The van der Waals surface area contributed by atoms with Crippen molar-refractivity contribution in [3.05, 3.63) is 81.6 Å². The Hall–Kier alpha value is -3.08. The van der Waals surface area contributed by atoms with Crippen LogP contribution in [0.3, 0.4) is 0 Å². The van der Waals surface area contributed by atoms with Crippen LogP contribution in [0.5, 0.6) is 0 Å². The number of aromatic nitrogens is 2. The van der Waals surface area contributed by atoms with Crippen molar-refractivity contribution in [1.29, 1.82) is 0 Å². The number of carbonyl (C=O) groups is 1. The first kappa shape index (κ1) is 25.0. The fourth-order valence-electron chi connectivity index (χ4n) is 3.62. The smallest absolute Gasteiger partial charge is 0.383 e. The first-order chi connectivity index (χ1) is 16.6. The lowest BCUT2D eigenvalue weighted by atomic mass is 9.86. The van der Waals surface area contributed by atoms with E-state index in [4.69, 9.17) is 32.8 Å². The molecule has 35 heavy (non-hydrogen) atoms. The highest BCUT2D eigenvalue weighted by Crippen LogP contribution is 2.49. The maximum atomic E-state index is 14.2. The van der Waals surface area contributed by atoms with Gasteiger partial charge in [0.05, 0.1) is 30.7 Å². The van der Waals surface area contributed by atoms with Gasteiger partial charge in [-0.1, -0.05) is 40.5 Å². The van der Waals surface area contributed by atoms with E-state index in [2.05, 4.69) is 15.6 Å². The molecule has 0 bridgehead atoms. The van der Waals surface area contributed by atoms with Crippen molar-refractivity contribution in [2.24, 2.45) is 5.16 Å². The van der Waals surface area contributed by atoms with Gasteiger partial charge in [-0.2, -0.15) is 18.3 Å².